The van der Waals surface area contributed by atoms with Crippen LogP contribution in [0.4, 0.5) is 5.69 Å². The topological polar surface area (TPSA) is 85.2 Å². The number of aliphatic hydroxyl groups excluding tert-OH is 1. The lowest BCUT2D eigenvalue weighted by Gasteiger charge is -2.13. The maximum absolute atomic E-state index is 11.5. The summed E-state index contributed by atoms with van der Waals surface area (Å²) in [5.41, 5.74) is 1.38. The number of amides is 1. The molecule has 1 aromatic rings. The van der Waals surface area contributed by atoms with Crippen LogP contribution in [0.2, 0.25) is 0 Å². The standard InChI is InChI=1S/C13H17N3O2/c1-10(6-7-17)16-13(18)9-15-12-4-2-11(8-14)3-5-12/h2-5,10,15,17H,6-7,9H2,1H3,(H,16,18). The minimum atomic E-state index is -0.125. The number of hydrogen-bond acceptors (Lipinski definition) is 4. The van der Waals surface area contributed by atoms with E-state index in [0.717, 1.165) is 5.69 Å². The van der Waals surface area contributed by atoms with Gasteiger partial charge in [-0.2, -0.15) is 5.26 Å². The third-order valence-corrected chi connectivity index (χ3v) is 2.44. The van der Waals surface area contributed by atoms with E-state index >= 15 is 0 Å². The minimum absolute atomic E-state index is 0.0368. The molecule has 3 N–H and O–H groups in total. The molecule has 5 nitrogen and oxygen atoms in total. The number of nitriles is 1. The molecule has 0 aliphatic carbocycles. The molecule has 0 saturated heterocycles. The van der Waals surface area contributed by atoms with Crippen molar-refractivity contribution in [2.75, 3.05) is 18.5 Å². The second-order valence-electron chi connectivity index (χ2n) is 4.02. The van der Waals surface area contributed by atoms with Gasteiger partial charge in [0.05, 0.1) is 18.2 Å². The molecule has 0 saturated carbocycles. The van der Waals surface area contributed by atoms with Gasteiger partial charge >= 0.3 is 0 Å². The van der Waals surface area contributed by atoms with Crippen molar-refractivity contribution in [1.82, 2.24) is 5.32 Å². The maximum atomic E-state index is 11.5. The first-order valence-electron chi connectivity index (χ1n) is 5.80. The van der Waals surface area contributed by atoms with Gasteiger partial charge in [0.15, 0.2) is 0 Å². The van der Waals surface area contributed by atoms with Crippen LogP contribution in [0.3, 0.4) is 0 Å². The molecule has 0 bridgehead atoms. The van der Waals surface area contributed by atoms with Gasteiger partial charge in [0.25, 0.3) is 0 Å². The van der Waals surface area contributed by atoms with Gasteiger partial charge in [-0.1, -0.05) is 0 Å². The Labute approximate surface area is 106 Å². The fraction of sp³-hybridized carbons (Fsp3) is 0.385. The molecule has 0 fully saturated rings. The Balaban J connectivity index is 2.35. The zero-order chi connectivity index (χ0) is 13.4. The predicted octanol–water partition coefficient (Wildman–Crippen LogP) is 0.857. The number of anilines is 1. The lowest BCUT2D eigenvalue weighted by atomic mass is 10.2. The molecule has 0 heterocycles. The summed E-state index contributed by atoms with van der Waals surface area (Å²) in [6, 6.07) is 8.88. The van der Waals surface area contributed by atoms with Crippen molar-refractivity contribution in [2.45, 2.75) is 19.4 Å². The molecular formula is C13H17N3O2. The van der Waals surface area contributed by atoms with E-state index in [1.165, 1.54) is 0 Å². The highest BCUT2D eigenvalue weighted by molar-refractivity contribution is 5.80. The van der Waals surface area contributed by atoms with E-state index in [1.54, 1.807) is 24.3 Å². The minimum Gasteiger partial charge on any atom is -0.396 e. The fourth-order valence-corrected chi connectivity index (χ4v) is 1.44. The molecule has 0 aromatic heterocycles. The third-order valence-electron chi connectivity index (χ3n) is 2.44. The van der Waals surface area contributed by atoms with E-state index in [2.05, 4.69) is 10.6 Å². The van der Waals surface area contributed by atoms with E-state index in [9.17, 15) is 4.79 Å². The summed E-state index contributed by atoms with van der Waals surface area (Å²) in [5.74, 6) is -0.125. The SMILES string of the molecule is CC(CCO)NC(=O)CNc1ccc(C#N)cc1. The van der Waals surface area contributed by atoms with Crippen LogP contribution in [0.1, 0.15) is 18.9 Å². The second kappa shape index (κ2) is 7.30. The van der Waals surface area contributed by atoms with Crippen molar-refractivity contribution < 1.29 is 9.90 Å². The molecule has 5 heteroatoms. The summed E-state index contributed by atoms with van der Waals surface area (Å²) < 4.78 is 0. The molecule has 1 atom stereocenters. The maximum Gasteiger partial charge on any atom is 0.239 e. The van der Waals surface area contributed by atoms with Crippen molar-refractivity contribution in [3.63, 3.8) is 0 Å². The molecule has 96 valence electrons. The summed E-state index contributed by atoms with van der Waals surface area (Å²) in [6.07, 6.45) is 0.544. The fourth-order valence-electron chi connectivity index (χ4n) is 1.44. The highest BCUT2D eigenvalue weighted by Crippen LogP contribution is 2.07. The molecule has 0 radical (unpaired) electrons. The second-order valence-corrected chi connectivity index (χ2v) is 4.02. The third kappa shape index (κ3) is 4.85. The Kier molecular flexibility index (Phi) is 5.68. The predicted molar refractivity (Wildman–Crippen MR) is 69.0 cm³/mol. The van der Waals surface area contributed by atoms with Crippen molar-refractivity contribution >= 4 is 11.6 Å². The molecular weight excluding hydrogens is 230 g/mol. The molecule has 18 heavy (non-hydrogen) atoms. The van der Waals surface area contributed by atoms with Gasteiger partial charge in [-0.15, -0.1) is 0 Å². The van der Waals surface area contributed by atoms with Crippen LogP contribution in [0.15, 0.2) is 24.3 Å². The zero-order valence-corrected chi connectivity index (χ0v) is 10.3. The van der Waals surface area contributed by atoms with E-state index in [0.29, 0.717) is 12.0 Å². The highest BCUT2D eigenvalue weighted by atomic mass is 16.3. The van der Waals surface area contributed by atoms with E-state index in [1.807, 2.05) is 13.0 Å². The average molecular weight is 247 g/mol. The number of benzene rings is 1. The summed E-state index contributed by atoms with van der Waals surface area (Å²) in [7, 11) is 0. The number of nitrogens with one attached hydrogen (secondary N) is 2. The van der Waals surface area contributed by atoms with Crippen LogP contribution in [0.5, 0.6) is 0 Å². The Hall–Kier alpha value is -2.06. The first kappa shape index (κ1) is 14.0. The number of nitrogens with zero attached hydrogens (tertiary/aromatic N) is 1. The van der Waals surface area contributed by atoms with Crippen LogP contribution in [0.25, 0.3) is 0 Å². The van der Waals surface area contributed by atoms with Crippen molar-refractivity contribution in [2.24, 2.45) is 0 Å². The zero-order valence-electron chi connectivity index (χ0n) is 10.3. The van der Waals surface area contributed by atoms with Crippen LogP contribution in [0, 0.1) is 11.3 Å². The molecule has 1 aromatic carbocycles. The number of aliphatic hydroxyl groups is 1. The summed E-state index contributed by atoms with van der Waals surface area (Å²) in [5, 5.41) is 23.1. The number of carbonyl (C=O) groups is 1. The highest BCUT2D eigenvalue weighted by Gasteiger charge is 2.06. The van der Waals surface area contributed by atoms with Crippen molar-refractivity contribution in [3.8, 4) is 6.07 Å². The summed E-state index contributed by atoms with van der Waals surface area (Å²) in [4.78, 5) is 11.5. The molecule has 0 aliphatic heterocycles. The number of hydrogen-bond donors (Lipinski definition) is 3. The molecule has 0 spiro atoms. The summed E-state index contributed by atoms with van der Waals surface area (Å²) in [6.45, 7) is 2.07. The van der Waals surface area contributed by atoms with Crippen LogP contribution in [-0.2, 0) is 4.79 Å². The van der Waals surface area contributed by atoms with Gasteiger partial charge in [-0.25, -0.2) is 0 Å². The molecule has 1 amide bonds. The van der Waals surface area contributed by atoms with Gasteiger partial charge in [0.2, 0.25) is 5.91 Å². The first-order valence-corrected chi connectivity index (χ1v) is 5.80. The first-order chi connectivity index (χ1) is 8.65. The van der Waals surface area contributed by atoms with E-state index in [4.69, 9.17) is 10.4 Å². The van der Waals surface area contributed by atoms with Gasteiger partial charge in [-0.3, -0.25) is 4.79 Å². The smallest absolute Gasteiger partial charge is 0.239 e. The van der Waals surface area contributed by atoms with E-state index < -0.39 is 0 Å². The normalized spacial score (nSPS) is 11.4. The largest absolute Gasteiger partial charge is 0.396 e. The molecule has 1 rings (SSSR count). The lowest BCUT2D eigenvalue weighted by Crippen LogP contribution is -2.37. The van der Waals surface area contributed by atoms with Crippen LogP contribution >= 0.6 is 0 Å². The van der Waals surface area contributed by atoms with Gasteiger partial charge in [-0.05, 0) is 37.6 Å². The Morgan fingerprint density at radius 3 is 2.67 bits per heavy atom. The Bertz CT molecular complexity index is 423. The van der Waals surface area contributed by atoms with E-state index in [-0.39, 0.29) is 25.1 Å². The van der Waals surface area contributed by atoms with Crippen LogP contribution in [-0.4, -0.2) is 30.2 Å². The van der Waals surface area contributed by atoms with Crippen LogP contribution < -0.4 is 10.6 Å². The van der Waals surface area contributed by atoms with Crippen molar-refractivity contribution in [3.05, 3.63) is 29.8 Å². The monoisotopic (exact) mass is 247 g/mol. The Morgan fingerprint density at radius 1 is 1.44 bits per heavy atom. The molecule has 0 aliphatic rings. The number of carbonyl (C=O) groups excluding carboxylic acids is 1. The van der Waals surface area contributed by atoms with Gasteiger partial charge in [0, 0.05) is 18.3 Å². The molecule has 1 unspecified atom stereocenters. The van der Waals surface area contributed by atoms with Gasteiger partial charge < -0.3 is 15.7 Å². The number of rotatable bonds is 6. The quantitative estimate of drug-likeness (QED) is 0.696. The van der Waals surface area contributed by atoms with Gasteiger partial charge in [0.1, 0.15) is 0 Å². The van der Waals surface area contributed by atoms with Crippen molar-refractivity contribution in [1.29, 1.82) is 5.26 Å². The Morgan fingerprint density at radius 2 is 2.11 bits per heavy atom. The average Bonchev–Trinajstić information content (AvgIpc) is 2.37. The lowest BCUT2D eigenvalue weighted by molar-refractivity contribution is -0.120. The summed E-state index contributed by atoms with van der Waals surface area (Å²) >= 11 is 0.